The number of hydrogen-bond acceptors (Lipinski definition) is 1. The summed E-state index contributed by atoms with van der Waals surface area (Å²) >= 11 is 0. The summed E-state index contributed by atoms with van der Waals surface area (Å²) in [5, 5.41) is 11.1. The Labute approximate surface area is 54.1 Å². The van der Waals surface area contributed by atoms with Crippen molar-refractivity contribution in [2.45, 2.75) is 19.4 Å². The van der Waals surface area contributed by atoms with E-state index in [1.165, 1.54) is 6.26 Å². The van der Waals surface area contributed by atoms with Gasteiger partial charge in [-0.1, -0.05) is 0 Å². The average molecular weight is 125 g/mol. The first-order valence-electron chi connectivity index (χ1n) is 2.85. The Morgan fingerprint density at radius 3 is 2.44 bits per heavy atom. The predicted molar refractivity (Wildman–Crippen MR) is 32.4 cm³/mol. The number of furan rings is 1. The van der Waals surface area contributed by atoms with E-state index in [4.69, 9.17) is 4.42 Å². The lowest BCUT2D eigenvalue weighted by Gasteiger charge is -2.08. The number of hydrogen-bond donors (Lipinski definition) is 0. The van der Waals surface area contributed by atoms with Crippen LogP contribution in [0.4, 0.5) is 0 Å². The van der Waals surface area contributed by atoms with E-state index in [0.717, 1.165) is 0 Å². The molecule has 0 N–H and O–H groups in total. The van der Waals surface area contributed by atoms with Crippen LogP contribution < -0.4 is 0 Å². The van der Waals surface area contributed by atoms with Gasteiger partial charge in [0.25, 0.3) is 0 Å². The zero-order valence-electron chi connectivity index (χ0n) is 5.55. The molecule has 0 bridgehead atoms. The van der Waals surface area contributed by atoms with E-state index >= 15 is 0 Å². The van der Waals surface area contributed by atoms with Crippen LogP contribution in [-0.4, -0.2) is 0 Å². The fraction of sp³-hybridized carbons (Fsp3) is 0.429. The van der Waals surface area contributed by atoms with E-state index in [9.17, 15) is 5.11 Å². The molecule has 0 aliphatic carbocycles. The van der Waals surface area contributed by atoms with Gasteiger partial charge in [0, 0.05) is 0 Å². The van der Waals surface area contributed by atoms with E-state index in [0.29, 0.717) is 5.76 Å². The molecular weight excluding hydrogens is 116 g/mol. The van der Waals surface area contributed by atoms with Gasteiger partial charge in [-0.15, -0.1) is 0 Å². The van der Waals surface area contributed by atoms with Gasteiger partial charge in [-0.3, -0.25) is 0 Å². The first kappa shape index (κ1) is 6.36. The Balaban J connectivity index is 2.90. The molecule has 1 rings (SSSR count). The Bertz CT molecular complexity index is 169. The Morgan fingerprint density at radius 1 is 1.56 bits per heavy atom. The fourth-order valence-corrected chi connectivity index (χ4v) is 0.621. The van der Waals surface area contributed by atoms with Gasteiger partial charge in [-0.05, 0) is 26.0 Å². The van der Waals surface area contributed by atoms with Crippen LogP contribution >= 0.6 is 0 Å². The van der Waals surface area contributed by atoms with Crippen molar-refractivity contribution in [2.75, 3.05) is 0 Å². The summed E-state index contributed by atoms with van der Waals surface area (Å²) in [4.78, 5) is 0. The second kappa shape index (κ2) is 1.88. The van der Waals surface area contributed by atoms with Crippen molar-refractivity contribution in [3.05, 3.63) is 24.2 Å². The lowest BCUT2D eigenvalue weighted by Crippen LogP contribution is -2.11. The molecule has 2 nitrogen and oxygen atoms in total. The highest BCUT2D eigenvalue weighted by atomic mass is 16.4. The molecule has 1 heterocycles. The minimum atomic E-state index is -1.09. The van der Waals surface area contributed by atoms with Crippen molar-refractivity contribution in [1.29, 1.82) is 0 Å². The third-order valence-corrected chi connectivity index (χ3v) is 1.11. The third-order valence-electron chi connectivity index (χ3n) is 1.11. The SMILES string of the molecule is CC(C)([O])c1ccco1. The normalized spacial score (nSPS) is 11.9. The van der Waals surface area contributed by atoms with Gasteiger partial charge < -0.3 is 4.42 Å². The highest BCUT2D eigenvalue weighted by molar-refractivity contribution is 5.05. The lowest BCUT2D eigenvalue weighted by atomic mass is 10.1. The van der Waals surface area contributed by atoms with Gasteiger partial charge in [-0.25, -0.2) is 5.11 Å². The van der Waals surface area contributed by atoms with Crippen LogP contribution in [0.15, 0.2) is 22.8 Å². The smallest absolute Gasteiger partial charge is 0.155 e. The van der Waals surface area contributed by atoms with Crippen molar-refractivity contribution in [3.8, 4) is 0 Å². The summed E-state index contributed by atoms with van der Waals surface area (Å²) in [6.45, 7) is 3.15. The molecule has 0 saturated heterocycles. The molecule has 49 valence electrons. The summed E-state index contributed by atoms with van der Waals surface area (Å²) in [5.74, 6) is 0.488. The molecular formula is C7H9O2. The largest absolute Gasteiger partial charge is 0.466 e. The second-order valence-corrected chi connectivity index (χ2v) is 2.49. The van der Waals surface area contributed by atoms with Gasteiger partial charge in [0.2, 0.25) is 0 Å². The molecule has 9 heavy (non-hydrogen) atoms. The Hall–Kier alpha value is -0.760. The maximum absolute atomic E-state index is 11.1. The number of rotatable bonds is 1. The van der Waals surface area contributed by atoms with Gasteiger partial charge in [0.15, 0.2) is 5.60 Å². The fourth-order valence-electron chi connectivity index (χ4n) is 0.621. The van der Waals surface area contributed by atoms with Gasteiger partial charge in [0.05, 0.1) is 6.26 Å². The average Bonchev–Trinajstić information content (AvgIpc) is 2.08. The zero-order chi connectivity index (χ0) is 6.91. The Kier molecular flexibility index (Phi) is 1.33. The molecule has 0 fully saturated rings. The van der Waals surface area contributed by atoms with Gasteiger partial charge in [-0.2, -0.15) is 0 Å². The Morgan fingerprint density at radius 2 is 2.22 bits per heavy atom. The van der Waals surface area contributed by atoms with Crippen LogP contribution in [0.5, 0.6) is 0 Å². The highest BCUT2D eigenvalue weighted by Crippen LogP contribution is 2.19. The molecule has 0 atom stereocenters. The quantitative estimate of drug-likeness (QED) is 0.564. The molecule has 0 unspecified atom stereocenters. The standard InChI is InChI=1S/C7H9O2/c1-7(2,8)6-4-3-5-9-6/h3-5H,1-2H3. The van der Waals surface area contributed by atoms with Crippen LogP contribution in [-0.2, 0) is 10.7 Å². The minimum Gasteiger partial charge on any atom is -0.466 e. The predicted octanol–water partition coefficient (Wildman–Crippen LogP) is 1.95. The molecule has 0 spiro atoms. The third kappa shape index (κ3) is 1.33. The van der Waals surface area contributed by atoms with E-state index in [2.05, 4.69) is 0 Å². The first-order valence-corrected chi connectivity index (χ1v) is 2.85. The van der Waals surface area contributed by atoms with E-state index in [1.807, 2.05) is 0 Å². The first-order chi connectivity index (χ1) is 4.11. The van der Waals surface area contributed by atoms with Crippen LogP contribution in [0.2, 0.25) is 0 Å². The molecule has 0 saturated carbocycles. The molecule has 1 aromatic rings. The van der Waals surface area contributed by atoms with Gasteiger partial charge >= 0.3 is 0 Å². The molecule has 0 aliphatic rings. The van der Waals surface area contributed by atoms with Crippen LogP contribution in [0.1, 0.15) is 19.6 Å². The van der Waals surface area contributed by atoms with E-state index in [-0.39, 0.29) is 0 Å². The molecule has 0 amide bonds. The minimum absolute atomic E-state index is 0.488. The van der Waals surface area contributed by atoms with Crippen molar-refractivity contribution >= 4 is 0 Å². The van der Waals surface area contributed by atoms with Crippen LogP contribution in [0, 0.1) is 0 Å². The van der Waals surface area contributed by atoms with Crippen molar-refractivity contribution in [2.24, 2.45) is 0 Å². The summed E-state index contributed by atoms with van der Waals surface area (Å²) in [5.41, 5.74) is -1.09. The van der Waals surface area contributed by atoms with E-state index in [1.54, 1.807) is 26.0 Å². The molecule has 1 aromatic heterocycles. The maximum atomic E-state index is 11.1. The van der Waals surface area contributed by atoms with Crippen LogP contribution in [0.3, 0.4) is 0 Å². The van der Waals surface area contributed by atoms with Gasteiger partial charge in [0.1, 0.15) is 5.76 Å². The molecule has 0 aliphatic heterocycles. The summed E-state index contributed by atoms with van der Waals surface area (Å²) in [6, 6.07) is 3.40. The second-order valence-electron chi connectivity index (χ2n) is 2.49. The van der Waals surface area contributed by atoms with Crippen LogP contribution in [0.25, 0.3) is 0 Å². The maximum Gasteiger partial charge on any atom is 0.155 e. The monoisotopic (exact) mass is 125 g/mol. The summed E-state index contributed by atoms with van der Waals surface area (Å²) in [6.07, 6.45) is 1.51. The molecule has 1 radical (unpaired) electrons. The highest BCUT2D eigenvalue weighted by Gasteiger charge is 2.20. The molecule has 0 aromatic carbocycles. The molecule has 2 heteroatoms. The van der Waals surface area contributed by atoms with E-state index < -0.39 is 5.60 Å². The van der Waals surface area contributed by atoms with Crippen molar-refractivity contribution < 1.29 is 9.52 Å². The van der Waals surface area contributed by atoms with Crippen molar-refractivity contribution in [1.82, 2.24) is 0 Å². The summed E-state index contributed by atoms with van der Waals surface area (Å²) < 4.78 is 4.89. The zero-order valence-corrected chi connectivity index (χ0v) is 5.55. The topological polar surface area (TPSA) is 33.0 Å². The van der Waals surface area contributed by atoms with Crippen molar-refractivity contribution in [3.63, 3.8) is 0 Å². The summed E-state index contributed by atoms with van der Waals surface area (Å²) in [7, 11) is 0. The lowest BCUT2D eigenvalue weighted by molar-refractivity contribution is -0.0185.